The van der Waals surface area contributed by atoms with Crippen molar-refractivity contribution in [2.24, 2.45) is 0 Å². The third-order valence-corrected chi connectivity index (χ3v) is 9.83. The van der Waals surface area contributed by atoms with Gasteiger partial charge in [-0.25, -0.2) is 15.0 Å². The summed E-state index contributed by atoms with van der Waals surface area (Å²) in [4.78, 5) is 17.5. The van der Waals surface area contributed by atoms with Crippen LogP contribution in [0.4, 0.5) is 17.2 Å². The molecule has 0 N–H and O–H groups in total. The summed E-state index contributed by atoms with van der Waals surface area (Å²) in [6.45, 7) is 0. The molecule has 0 amide bonds. The molecule has 0 radical (unpaired) electrons. The van der Waals surface area contributed by atoms with Crippen molar-refractivity contribution >= 4 is 60.8 Å². The molecule has 0 fully saturated rings. The molecule has 5 nitrogen and oxygen atoms in total. The van der Waals surface area contributed by atoms with Crippen LogP contribution in [0.1, 0.15) is 0 Å². The van der Waals surface area contributed by atoms with Crippen molar-refractivity contribution in [3.05, 3.63) is 188 Å². The number of hydrogen-bond donors (Lipinski definition) is 0. The molecule has 3 heterocycles. The molecular formula is C47H31N5. The van der Waals surface area contributed by atoms with Gasteiger partial charge in [0.2, 0.25) is 0 Å². The summed E-state index contributed by atoms with van der Waals surface area (Å²) in [7, 11) is 0. The summed E-state index contributed by atoms with van der Waals surface area (Å²) in [6, 6.07) is 63.5. The molecule has 7 aromatic carbocycles. The standard InChI is InChI=1S/C47H31N5/c1-2-13-33(14-3-1)45-46(50-42-19-9-8-18-41(42)49-45)34-22-24-35(25-23-34)51(47-38-15-5-4-12-32(38)30-31-48-47)36-26-28-37(29-27-36)52-43-20-10-6-16-39(43)40-17-7-11-21-44(40)52/h1-31H. The minimum Gasteiger partial charge on any atom is -0.309 e. The Hall–Kier alpha value is -7.11. The van der Waals surface area contributed by atoms with Crippen LogP contribution in [0.15, 0.2) is 188 Å². The molecule has 10 rings (SSSR count). The number of pyridine rings is 1. The van der Waals surface area contributed by atoms with E-state index in [1.807, 2.05) is 48.7 Å². The van der Waals surface area contributed by atoms with Gasteiger partial charge < -0.3 is 4.57 Å². The zero-order valence-electron chi connectivity index (χ0n) is 28.1. The normalized spacial score (nSPS) is 11.5. The topological polar surface area (TPSA) is 46.8 Å². The first kappa shape index (κ1) is 29.8. The molecule has 0 spiro atoms. The lowest BCUT2D eigenvalue weighted by molar-refractivity contribution is 1.16. The molecule has 52 heavy (non-hydrogen) atoms. The highest BCUT2D eigenvalue weighted by molar-refractivity contribution is 6.09. The second kappa shape index (κ2) is 12.3. The Balaban J connectivity index is 1.11. The SMILES string of the molecule is c1ccc(-c2nc3ccccc3nc2-c2ccc(N(c3ccc(-n4c5ccccc5c5ccccc54)cc3)c3nccc4ccccc34)cc2)cc1. The van der Waals surface area contributed by atoms with E-state index in [1.165, 1.54) is 21.8 Å². The van der Waals surface area contributed by atoms with E-state index in [1.54, 1.807) is 0 Å². The van der Waals surface area contributed by atoms with Gasteiger partial charge in [-0.05, 0) is 72.1 Å². The van der Waals surface area contributed by atoms with Crippen molar-refractivity contribution in [2.75, 3.05) is 4.90 Å². The highest BCUT2D eigenvalue weighted by Gasteiger charge is 2.19. The van der Waals surface area contributed by atoms with Crippen molar-refractivity contribution in [3.63, 3.8) is 0 Å². The summed E-state index contributed by atoms with van der Waals surface area (Å²) in [5, 5.41) is 4.70. The summed E-state index contributed by atoms with van der Waals surface area (Å²) >= 11 is 0. The highest BCUT2D eigenvalue weighted by atomic mass is 15.2. The van der Waals surface area contributed by atoms with Crippen molar-refractivity contribution in [3.8, 4) is 28.2 Å². The van der Waals surface area contributed by atoms with Crippen LogP contribution in [-0.4, -0.2) is 19.5 Å². The molecule has 0 saturated carbocycles. The van der Waals surface area contributed by atoms with E-state index in [4.69, 9.17) is 15.0 Å². The minimum atomic E-state index is 0.849. The Morgan fingerprint density at radius 3 is 1.54 bits per heavy atom. The largest absolute Gasteiger partial charge is 0.309 e. The number of fused-ring (bicyclic) bond motifs is 5. The molecule has 0 aliphatic heterocycles. The molecule has 244 valence electrons. The van der Waals surface area contributed by atoms with Gasteiger partial charge in [-0.1, -0.05) is 115 Å². The van der Waals surface area contributed by atoms with E-state index in [2.05, 4.69) is 149 Å². The number of rotatable bonds is 6. The smallest absolute Gasteiger partial charge is 0.145 e. The summed E-state index contributed by atoms with van der Waals surface area (Å²) in [5.74, 6) is 0.867. The predicted molar refractivity (Wildman–Crippen MR) is 215 cm³/mol. The van der Waals surface area contributed by atoms with Gasteiger partial charge in [-0.2, -0.15) is 0 Å². The second-order valence-electron chi connectivity index (χ2n) is 12.9. The van der Waals surface area contributed by atoms with Gasteiger partial charge in [0.1, 0.15) is 5.82 Å². The quantitative estimate of drug-likeness (QED) is 0.177. The van der Waals surface area contributed by atoms with E-state index in [9.17, 15) is 0 Å². The van der Waals surface area contributed by atoms with E-state index < -0.39 is 0 Å². The Bertz CT molecular complexity index is 2840. The van der Waals surface area contributed by atoms with Crippen LogP contribution in [0, 0.1) is 0 Å². The number of hydrogen-bond acceptors (Lipinski definition) is 4. The fourth-order valence-corrected chi connectivity index (χ4v) is 7.39. The third-order valence-electron chi connectivity index (χ3n) is 9.83. The molecule has 3 aromatic heterocycles. The zero-order valence-corrected chi connectivity index (χ0v) is 28.1. The van der Waals surface area contributed by atoms with Crippen molar-refractivity contribution in [1.82, 2.24) is 19.5 Å². The lowest BCUT2D eigenvalue weighted by atomic mass is 10.0. The van der Waals surface area contributed by atoms with Crippen LogP contribution in [0.3, 0.4) is 0 Å². The molecule has 0 bridgehead atoms. The monoisotopic (exact) mass is 665 g/mol. The molecule has 0 aliphatic carbocycles. The van der Waals surface area contributed by atoms with Crippen molar-refractivity contribution in [1.29, 1.82) is 0 Å². The van der Waals surface area contributed by atoms with E-state index in [0.29, 0.717) is 0 Å². The molecule has 0 unspecified atom stereocenters. The number of anilines is 3. The molecule has 10 aromatic rings. The first-order chi connectivity index (χ1) is 25.8. The Morgan fingerprint density at radius 1 is 0.404 bits per heavy atom. The number of aromatic nitrogens is 4. The highest BCUT2D eigenvalue weighted by Crippen LogP contribution is 2.40. The van der Waals surface area contributed by atoms with Gasteiger partial charge >= 0.3 is 0 Å². The summed E-state index contributed by atoms with van der Waals surface area (Å²) < 4.78 is 2.35. The molecule has 0 aliphatic rings. The maximum atomic E-state index is 5.14. The first-order valence-corrected chi connectivity index (χ1v) is 17.5. The van der Waals surface area contributed by atoms with E-state index >= 15 is 0 Å². The van der Waals surface area contributed by atoms with Crippen LogP contribution in [0.25, 0.3) is 71.8 Å². The van der Waals surface area contributed by atoms with Crippen LogP contribution in [-0.2, 0) is 0 Å². The van der Waals surface area contributed by atoms with E-state index in [0.717, 1.165) is 67.2 Å². The molecule has 5 heteroatoms. The van der Waals surface area contributed by atoms with Gasteiger partial charge in [0.15, 0.2) is 0 Å². The van der Waals surface area contributed by atoms with E-state index in [-0.39, 0.29) is 0 Å². The zero-order chi connectivity index (χ0) is 34.4. The van der Waals surface area contributed by atoms with Crippen LogP contribution >= 0.6 is 0 Å². The minimum absolute atomic E-state index is 0.849. The van der Waals surface area contributed by atoms with Crippen LogP contribution < -0.4 is 4.90 Å². The molecule has 0 saturated heterocycles. The van der Waals surface area contributed by atoms with Crippen LogP contribution in [0.2, 0.25) is 0 Å². The van der Waals surface area contributed by atoms with Gasteiger partial charge in [-0.15, -0.1) is 0 Å². The lowest BCUT2D eigenvalue weighted by Gasteiger charge is -2.26. The molecular weight excluding hydrogens is 635 g/mol. The number of nitrogens with zero attached hydrogens (tertiary/aromatic N) is 5. The number of benzene rings is 7. The van der Waals surface area contributed by atoms with Crippen molar-refractivity contribution in [2.45, 2.75) is 0 Å². The van der Waals surface area contributed by atoms with Gasteiger partial charge in [0.05, 0.1) is 33.5 Å². The summed E-state index contributed by atoms with van der Waals surface area (Å²) in [6.07, 6.45) is 1.89. The Labute approximate surface area is 300 Å². The average Bonchev–Trinajstić information content (AvgIpc) is 3.56. The number of para-hydroxylation sites is 4. The maximum Gasteiger partial charge on any atom is 0.145 e. The Morgan fingerprint density at radius 2 is 0.904 bits per heavy atom. The van der Waals surface area contributed by atoms with Gasteiger partial charge in [0.25, 0.3) is 0 Å². The fourth-order valence-electron chi connectivity index (χ4n) is 7.39. The van der Waals surface area contributed by atoms with Crippen molar-refractivity contribution < 1.29 is 0 Å². The van der Waals surface area contributed by atoms with Crippen LogP contribution in [0.5, 0.6) is 0 Å². The molecule has 0 atom stereocenters. The lowest BCUT2D eigenvalue weighted by Crippen LogP contribution is -2.12. The Kier molecular flexibility index (Phi) is 7.07. The summed E-state index contributed by atoms with van der Waals surface area (Å²) in [5.41, 5.74) is 11.0. The predicted octanol–water partition coefficient (Wildman–Crippen LogP) is 12.1. The maximum absolute atomic E-state index is 5.14. The fraction of sp³-hybridized carbons (Fsp3) is 0. The first-order valence-electron chi connectivity index (χ1n) is 17.5. The second-order valence-corrected chi connectivity index (χ2v) is 12.9. The average molecular weight is 666 g/mol. The van der Waals surface area contributed by atoms with Gasteiger partial charge in [-0.3, -0.25) is 4.90 Å². The van der Waals surface area contributed by atoms with Gasteiger partial charge in [0, 0.05) is 50.5 Å². The third kappa shape index (κ3) is 4.98.